The van der Waals surface area contributed by atoms with E-state index in [1.54, 1.807) is 6.92 Å². The van der Waals surface area contributed by atoms with Crippen LogP contribution in [0.3, 0.4) is 0 Å². The zero-order chi connectivity index (χ0) is 17.3. The van der Waals surface area contributed by atoms with Gasteiger partial charge in [-0.3, -0.25) is 4.79 Å². The number of fused-ring (bicyclic) bond motifs is 1. The fraction of sp³-hybridized carbons (Fsp3) is 0.111. The van der Waals surface area contributed by atoms with E-state index in [2.05, 4.69) is 20.9 Å². The first-order chi connectivity index (χ1) is 11.5. The van der Waals surface area contributed by atoms with Crippen LogP contribution in [0, 0.1) is 12.7 Å². The maximum Gasteiger partial charge on any atom is 0.339 e. The Kier molecular flexibility index (Phi) is 4.49. The van der Waals surface area contributed by atoms with Crippen molar-refractivity contribution in [2.24, 2.45) is 0 Å². The lowest BCUT2D eigenvalue weighted by molar-refractivity contribution is 0.0473. The summed E-state index contributed by atoms with van der Waals surface area (Å²) in [7, 11) is 0. The summed E-state index contributed by atoms with van der Waals surface area (Å²) < 4.78 is 18.7. The zero-order valence-corrected chi connectivity index (χ0v) is 14.3. The summed E-state index contributed by atoms with van der Waals surface area (Å²) in [5.41, 5.74) is 2.09. The first kappa shape index (κ1) is 16.4. The molecule has 0 aliphatic heterocycles. The van der Waals surface area contributed by atoms with Gasteiger partial charge in [0.15, 0.2) is 6.61 Å². The van der Waals surface area contributed by atoms with E-state index < -0.39 is 18.4 Å². The predicted molar refractivity (Wildman–Crippen MR) is 91.7 cm³/mol. The third kappa shape index (κ3) is 3.10. The van der Waals surface area contributed by atoms with Gasteiger partial charge in [-0.05, 0) is 47.1 Å². The first-order valence-electron chi connectivity index (χ1n) is 7.20. The molecule has 6 heteroatoms. The number of carbonyl (C=O) groups is 2. The second-order valence-corrected chi connectivity index (χ2v) is 6.15. The molecule has 0 radical (unpaired) electrons. The first-order valence-corrected chi connectivity index (χ1v) is 7.99. The topological polar surface area (TPSA) is 59.2 Å². The molecule has 0 aliphatic rings. The Hall–Kier alpha value is -2.47. The van der Waals surface area contributed by atoms with E-state index in [9.17, 15) is 14.0 Å². The average Bonchev–Trinajstić information content (AvgIpc) is 2.90. The Labute approximate surface area is 145 Å². The molecule has 0 saturated heterocycles. The van der Waals surface area contributed by atoms with Crippen LogP contribution >= 0.6 is 15.9 Å². The number of halogens is 2. The van der Waals surface area contributed by atoms with Crippen molar-refractivity contribution in [3.63, 3.8) is 0 Å². The Balaban J connectivity index is 1.79. The third-order valence-electron chi connectivity index (χ3n) is 3.66. The minimum Gasteiger partial charge on any atom is -0.454 e. The molecule has 4 nitrogen and oxygen atoms in total. The number of aromatic amines is 1. The van der Waals surface area contributed by atoms with Gasteiger partial charge in [-0.25, -0.2) is 9.18 Å². The van der Waals surface area contributed by atoms with Gasteiger partial charge in [0.05, 0.1) is 5.56 Å². The monoisotopic (exact) mass is 389 g/mol. The van der Waals surface area contributed by atoms with Crippen molar-refractivity contribution < 1.29 is 18.7 Å². The lowest BCUT2D eigenvalue weighted by Gasteiger charge is -2.06. The molecule has 0 spiro atoms. The number of aryl methyl sites for hydroxylation is 1. The van der Waals surface area contributed by atoms with E-state index >= 15 is 0 Å². The highest BCUT2D eigenvalue weighted by Crippen LogP contribution is 2.23. The number of rotatable bonds is 4. The predicted octanol–water partition coefficient (Wildman–Crippen LogP) is 4.42. The number of esters is 1. The highest BCUT2D eigenvalue weighted by molar-refractivity contribution is 9.10. The van der Waals surface area contributed by atoms with Crippen LogP contribution < -0.4 is 0 Å². The van der Waals surface area contributed by atoms with Crippen molar-refractivity contribution in [1.29, 1.82) is 0 Å². The number of ether oxygens (including phenoxy) is 1. The van der Waals surface area contributed by atoms with Crippen molar-refractivity contribution in [3.8, 4) is 0 Å². The van der Waals surface area contributed by atoms with Crippen LogP contribution in [-0.4, -0.2) is 23.3 Å². The lowest BCUT2D eigenvalue weighted by atomic mass is 10.1. The summed E-state index contributed by atoms with van der Waals surface area (Å²) >= 11 is 3.16. The highest BCUT2D eigenvalue weighted by atomic mass is 79.9. The smallest absolute Gasteiger partial charge is 0.339 e. The van der Waals surface area contributed by atoms with E-state index in [-0.39, 0.29) is 11.3 Å². The molecular formula is C18H13BrFNO3. The quantitative estimate of drug-likeness (QED) is 0.530. The van der Waals surface area contributed by atoms with Gasteiger partial charge in [0, 0.05) is 26.6 Å². The number of carbonyl (C=O) groups excluding carboxylic acids is 2. The van der Waals surface area contributed by atoms with Crippen molar-refractivity contribution in [2.45, 2.75) is 6.92 Å². The molecule has 3 aromatic rings. The van der Waals surface area contributed by atoms with Gasteiger partial charge < -0.3 is 9.72 Å². The summed E-state index contributed by atoms with van der Waals surface area (Å²) in [6.45, 7) is 1.38. The van der Waals surface area contributed by atoms with E-state index in [0.29, 0.717) is 15.7 Å². The fourth-order valence-electron chi connectivity index (χ4n) is 2.57. The SMILES string of the molecule is Cc1[nH]c2ccccc2c1C(=O)COC(=O)c1cc(F)ccc1Br. The lowest BCUT2D eigenvalue weighted by Crippen LogP contribution is -2.15. The van der Waals surface area contributed by atoms with Crippen LogP contribution in [0.5, 0.6) is 0 Å². The molecule has 0 atom stereocenters. The Morgan fingerprint density at radius 3 is 2.75 bits per heavy atom. The minimum atomic E-state index is -0.757. The molecular weight excluding hydrogens is 377 g/mol. The van der Waals surface area contributed by atoms with Gasteiger partial charge in [-0.2, -0.15) is 0 Å². The van der Waals surface area contributed by atoms with Gasteiger partial charge in [0.2, 0.25) is 5.78 Å². The summed E-state index contributed by atoms with van der Waals surface area (Å²) in [5, 5.41) is 0.781. The van der Waals surface area contributed by atoms with Crippen molar-refractivity contribution in [1.82, 2.24) is 4.98 Å². The van der Waals surface area contributed by atoms with Gasteiger partial charge in [-0.15, -0.1) is 0 Å². The molecule has 3 rings (SSSR count). The summed E-state index contributed by atoms with van der Waals surface area (Å²) in [6.07, 6.45) is 0. The zero-order valence-electron chi connectivity index (χ0n) is 12.7. The Morgan fingerprint density at radius 1 is 1.21 bits per heavy atom. The van der Waals surface area contributed by atoms with Crippen molar-refractivity contribution >= 4 is 38.6 Å². The minimum absolute atomic E-state index is 0.0402. The molecule has 1 N–H and O–H groups in total. The van der Waals surface area contributed by atoms with E-state index in [0.717, 1.165) is 17.0 Å². The van der Waals surface area contributed by atoms with Crippen LogP contribution in [0.4, 0.5) is 4.39 Å². The molecule has 1 aromatic heterocycles. The average molecular weight is 390 g/mol. The van der Waals surface area contributed by atoms with Gasteiger partial charge in [0.25, 0.3) is 0 Å². The number of hydrogen-bond donors (Lipinski definition) is 1. The maximum absolute atomic E-state index is 13.3. The molecule has 0 amide bonds. The second kappa shape index (κ2) is 6.57. The molecule has 2 aromatic carbocycles. The molecule has 0 saturated carbocycles. The van der Waals surface area contributed by atoms with Gasteiger partial charge in [-0.1, -0.05) is 18.2 Å². The van der Waals surface area contributed by atoms with E-state index in [1.807, 2.05) is 24.3 Å². The molecule has 0 aliphatic carbocycles. The third-order valence-corrected chi connectivity index (χ3v) is 4.35. The number of benzene rings is 2. The fourth-order valence-corrected chi connectivity index (χ4v) is 2.98. The second-order valence-electron chi connectivity index (χ2n) is 5.29. The number of ketones is 1. The number of aromatic nitrogens is 1. The van der Waals surface area contributed by atoms with Crippen molar-refractivity contribution in [2.75, 3.05) is 6.61 Å². The normalized spacial score (nSPS) is 10.8. The molecule has 122 valence electrons. The number of hydrogen-bond acceptors (Lipinski definition) is 3. The van der Waals surface area contributed by atoms with Crippen LogP contribution in [0.15, 0.2) is 46.9 Å². The Morgan fingerprint density at radius 2 is 1.96 bits per heavy atom. The van der Waals surface area contributed by atoms with E-state index in [4.69, 9.17) is 4.74 Å². The van der Waals surface area contributed by atoms with Crippen LogP contribution in [0.25, 0.3) is 10.9 Å². The van der Waals surface area contributed by atoms with Gasteiger partial charge >= 0.3 is 5.97 Å². The molecule has 0 fully saturated rings. The van der Waals surface area contributed by atoms with Gasteiger partial charge in [0.1, 0.15) is 5.82 Å². The highest BCUT2D eigenvalue weighted by Gasteiger charge is 2.19. The standard InChI is InChI=1S/C18H13BrFNO3/c1-10-17(12-4-2-3-5-15(12)21-10)16(22)9-24-18(23)13-8-11(20)6-7-14(13)19/h2-8,21H,9H2,1H3. The number of H-pyrrole nitrogens is 1. The molecule has 24 heavy (non-hydrogen) atoms. The molecule has 0 unspecified atom stereocenters. The maximum atomic E-state index is 13.3. The van der Waals surface area contributed by atoms with Crippen LogP contribution in [-0.2, 0) is 4.74 Å². The summed E-state index contributed by atoms with van der Waals surface area (Å²) in [5.74, 6) is -1.62. The summed E-state index contributed by atoms with van der Waals surface area (Å²) in [4.78, 5) is 27.6. The number of Topliss-reactive ketones (excluding diaryl/α,β-unsaturated/α-hetero) is 1. The summed E-state index contributed by atoms with van der Waals surface area (Å²) in [6, 6.07) is 11.1. The number of para-hydroxylation sites is 1. The van der Waals surface area contributed by atoms with Crippen LogP contribution in [0.1, 0.15) is 26.4 Å². The largest absolute Gasteiger partial charge is 0.454 e. The molecule has 1 heterocycles. The Bertz CT molecular complexity index is 949. The van der Waals surface area contributed by atoms with E-state index in [1.165, 1.54) is 12.1 Å². The molecule has 0 bridgehead atoms. The number of nitrogens with one attached hydrogen (secondary N) is 1. The van der Waals surface area contributed by atoms with Crippen molar-refractivity contribution in [3.05, 3.63) is 69.6 Å². The van der Waals surface area contributed by atoms with Crippen LogP contribution in [0.2, 0.25) is 0 Å².